The van der Waals surface area contributed by atoms with Crippen molar-refractivity contribution in [2.75, 3.05) is 39.2 Å². The standard InChI is InChI=1S/C27H29ClN2O2/c1-29(2)22-11-9-19(10-12-22)15-27(31)30-14-13-21-16-25(28)26(32-3)17-23(21)24(18-30)20-7-5-4-6-8-20/h4-12,16-17,24H,13-15,18H2,1-3H3. The van der Waals surface area contributed by atoms with E-state index in [0.717, 1.165) is 17.7 Å². The molecule has 1 heterocycles. The minimum absolute atomic E-state index is 0.0694. The van der Waals surface area contributed by atoms with Crippen LogP contribution >= 0.6 is 11.6 Å². The van der Waals surface area contributed by atoms with Gasteiger partial charge in [-0.25, -0.2) is 0 Å². The lowest BCUT2D eigenvalue weighted by molar-refractivity contribution is -0.130. The van der Waals surface area contributed by atoms with Gasteiger partial charge in [0.2, 0.25) is 5.91 Å². The Morgan fingerprint density at radius 3 is 2.47 bits per heavy atom. The fourth-order valence-corrected chi connectivity index (χ4v) is 4.63. The molecule has 0 saturated carbocycles. The van der Waals surface area contributed by atoms with E-state index in [1.165, 1.54) is 16.7 Å². The smallest absolute Gasteiger partial charge is 0.227 e. The zero-order valence-electron chi connectivity index (χ0n) is 18.8. The van der Waals surface area contributed by atoms with E-state index >= 15 is 0 Å². The normalized spacial score (nSPS) is 15.6. The zero-order valence-corrected chi connectivity index (χ0v) is 19.6. The van der Waals surface area contributed by atoms with Gasteiger partial charge in [0.15, 0.2) is 0 Å². The van der Waals surface area contributed by atoms with E-state index in [1.807, 2.05) is 61.5 Å². The SMILES string of the molecule is COc1cc2c(cc1Cl)CCN(C(=O)Cc1ccc(N(C)C)cc1)CC2c1ccccc1. The zero-order chi connectivity index (χ0) is 22.7. The topological polar surface area (TPSA) is 32.8 Å². The van der Waals surface area contributed by atoms with Crippen molar-refractivity contribution in [2.45, 2.75) is 18.8 Å². The molecule has 1 unspecified atom stereocenters. The van der Waals surface area contributed by atoms with Crippen molar-refractivity contribution in [1.29, 1.82) is 0 Å². The van der Waals surface area contributed by atoms with Crippen LogP contribution in [-0.2, 0) is 17.6 Å². The van der Waals surface area contributed by atoms with Crippen LogP contribution in [0.3, 0.4) is 0 Å². The lowest BCUT2D eigenvalue weighted by Gasteiger charge is -2.26. The molecule has 1 aliphatic rings. The molecule has 1 atom stereocenters. The van der Waals surface area contributed by atoms with Crippen molar-refractivity contribution in [3.8, 4) is 5.75 Å². The summed E-state index contributed by atoms with van der Waals surface area (Å²) in [6.45, 7) is 1.31. The van der Waals surface area contributed by atoms with Crippen LogP contribution in [0.25, 0.3) is 0 Å². The fraction of sp³-hybridized carbons (Fsp3) is 0.296. The van der Waals surface area contributed by atoms with Gasteiger partial charge in [-0.1, -0.05) is 54.1 Å². The maximum atomic E-state index is 13.3. The third-order valence-corrected chi connectivity index (χ3v) is 6.50. The van der Waals surface area contributed by atoms with Gasteiger partial charge in [-0.2, -0.15) is 0 Å². The van der Waals surface area contributed by atoms with Gasteiger partial charge in [0.1, 0.15) is 5.75 Å². The molecule has 3 aromatic rings. The predicted octanol–water partition coefficient (Wildman–Crippen LogP) is 5.17. The van der Waals surface area contributed by atoms with Gasteiger partial charge in [0, 0.05) is 38.8 Å². The average molecular weight is 449 g/mol. The first-order valence-corrected chi connectivity index (χ1v) is 11.3. The molecule has 0 N–H and O–H groups in total. The van der Waals surface area contributed by atoms with E-state index in [4.69, 9.17) is 16.3 Å². The number of methoxy groups -OCH3 is 1. The Kier molecular flexibility index (Phi) is 6.71. The van der Waals surface area contributed by atoms with Crippen molar-refractivity contribution in [3.05, 3.63) is 94.0 Å². The molecule has 0 aromatic heterocycles. The summed E-state index contributed by atoms with van der Waals surface area (Å²) < 4.78 is 5.50. The van der Waals surface area contributed by atoms with Crippen LogP contribution in [0.5, 0.6) is 5.75 Å². The van der Waals surface area contributed by atoms with Crippen LogP contribution in [0, 0.1) is 0 Å². The maximum Gasteiger partial charge on any atom is 0.227 e. The molecule has 0 spiro atoms. The second-order valence-corrected chi connectivity index (χ2v) is 8.88. The predicted molar refractivity (Wildman–Crippen MR) is 131 cm³/mol. The average Bonchev–Trinajstić information content (AvgIpc) is 2.99. The lowest BCUT2D eigenvalue weighted by Crippen LogP contribution is -2.36. The number of benzene rings is 3. The highest BCUT2D eigenvalue weighted by atomic mass is 35.5. The van der Waals surface area contributed by atoms with Crippen LogP contribution < -0.4 is 9.64 Å². The molecule has 0 radical (unpaired) electrons. The van der Waals surface area contributed by atoms with E-state index < -0.39 is 0 Å². The number of hydrogen-bond acceptors (Lipinski definition) is 3. The third kappa shape index (κ3) is 4.76. The third-order valence-electron chi connectivity index (χ3n) is 6.21. The molecule has 32 heavy (non-hydrogen) atoms. The van der Waals surface area contributed by atoms with E-state index in [2.05, 4.69) is 29.2 Å². The molecule has 4 nitrogen and oxygen atoms in total. The Balaban J connectivity index is 1.62. The van der Waals surface area contributed by atoms with Crippen molar-refractivity contribution < 1.29 is 9.53 Å². The Morgan fingerprint density at radius 2 is 1.81 bits per heavy atom. The maximum absolute atomic E-state index is 13.3. The van der Waals surface area contributed by atoms with Crippen molar-refractivity contribution >= 4 is 23.2 Å². The van der Waals surface area contributed by atoms with E-state index in [9.17, 15) is 4.79 Å². The molecular weight excluding hydrogens is 420 g/mol. The van der Waals surface area contributed by atoms with Crippen molar-refractivity contribution in [3.63, 3.8) is 0 Å². The number of anilines is 1. The number of nitrogens with zero attached hydrogens (tertiary/aromatic N) is 2. The summed E-state index contributed by atoms with van der Waals surface area (Å²) in [7, 11) is 5.67. The van der Waals surface area contributed by atoms with Crippen LogP contribution in [0.15, 0.2) is 66.7 Å². The summed E-state index contributed by atoms with van der Waals surface area (Å²) in [5.74, 6) is 0.890. The molecule has 5 heteroatoms. The molecule has 1 amide bonds. The number of ether oxygens (including phenoxy) is 1. The van der Waals surface area contributed by atoms with Gasteiger partial charge < -0.3 is 14.5 Å². The molecule has 166 valence electrons. The summed E-state index contributed by atoms with van der Waals surface area (Å²) in [5, 5.41) is 0.610. The van der Waals surface area contributed by atoms with Gasteiger partial charge in [-0.3, -0.25) is 4.79 Å². The summed E-state index contributed by atoms with van der Waals surface area (Å²) in [6, 6.07) is 22.6. The van der Waals surface area contributed by atoms with Crippen LogP contribution in [0.2, 0.25) is 5.02 Å². The van der Waals surface area contributed by atoms with Crippen LogP contribution in [0.1, 0.15) is 28.2 Å². The number of halogens is 1. The monoisotopic (exact) mass is 448 g/mol. The number of carbonyl (C=O) groups is 1. The lowest BCUT2D eigenvalue weighted by atomic mass is 9.88. The van der Waals surface area contributed by atoms with Crippen molar-refractivity contribution in [1.82, 2.24) is 4.90 Å². The molecule has 0 bridgehead atoms. The second-order valence-electron chi connectivity index (χ2n) is 8.48. The molecule has 0 aliphatic carbocycles. The van der Waals surface area contributed by atoms with Crippen molar-refractivity contribution in [2.24, 2.45) is 0 Å². The molecule has 0 fully saturated rings. The van der Waals surface area contributed by atoms with Crippen LogP contribution in [-0.4, -0.2) is 45.1 Å². The molecular formula is C27H29ClN2O2. The molecule has 4 rings (SSSR count). The first-order valence-electron chi connectivity index (χ1n) is 10.9. The fourth-order valence-electron chi connectivity index (χ4n) is 4.37. The van der Waals surface area contributed by atoms with Gasteiger partial charge in [-0.05, 0) is 52.9 Å². The summed E-state index contributed by atoms with van der Waals surface area (Å²) in [4.78, 5) is 17.4. The summed E-state index contributed by atoms with van der Waals surface area (Å²) in [6.07, 6.45) is 1.17. The van der Waals surface area contributed by atoms with Crippen LogP contribution in [0.4, 0.5) is 5.69 Å². The van der Waals surface area contributed by atoms with Gasteiger partial charge in [0.05, 0.1) is 18.6 Å². The minimum atomic E-state index is 0.0694. The van der Waals surface area contributed by atoms with Gasteiger partial charge >= 0.3 is 0 Å². The first kappa shape index (κ1) is 22.2. The Bertz CT molecular complexity index is 1080. The first-order chi connectivity index (χ1) is 15.5. The van der Waals surface area contributed by atoms with E-state index in [1.54, 1.807) is 7.11 Å². The number of fused-ring (bicyclic) bond motifs is 1. The molecule has 1 aliphatic heterocycles. The number of rotatable bonds is 5. The number of carbonyl (C=O) groups excluding carboxylic acids is 1. The highest BCUT2D eigenvalue weighted by molar-refractivity contribution is 6.32. The largest absolute Gasteiger partial charge is 0.495 e. The highest BCUT2D eigenvalue weighted by Gasteiger charge is 2.28. The Labute approximate surface area is 195 Å². The summed E-state index contributed by atoms with van der Waals surface area (Å²) in [5.41, 5.74) is 5.70. The van der Waals surface area contributed by atoms with Gasteiger partial charge in [0.25, 0.3) is 0 Å². The quantitative estimate of drug-likeness (QED) is 0.539. The Morgan fingerprint density at radius 1 is 1.09 bits per heavy atom. The number of hydrogen-bond donors (Lipinski definition) is 0. The molecule has 3 aromatic carbocycles. The van der Waals surface area contributed by atoms with E-state index in [-0.39, 0.29) is 11.8 Å². The van der Waals surface area contributed by atoms with Gasteiger partial charge in [-0.15, -0.1) is 0 Å². The second kappa shape index (κ2) is 9.66. The van der Waals surface area contributed by atoms with E-state index in [0.29, 0.717) is 30.3 Å². The summed E-state index contributed by atoms with van der Waals surface area (Å²) >= 11 is 6.44. The number of amides is 1. The highest BCUT2D eigenvalue weighted by Crippen LogP contribution is 2.37. The Hall–Kier alpha value is -2.98. The molecule has 0 saturated heterocycles. The minimum Gasteiger partial charge on any atom is -0.495 e.